The highest BCUT2D eigenvalue weighted by atomic mass is 16.5. The number of rotatable bonds is 7. The van der Waals surface area contributed by atoms with Gasteiger partial charge < -0.3 is 19.3 Å². The van der Waals surface area contributed by atoms with Crippen molar-refractivity contribution >= 4 is 22.6 Å². The molecular weight excluding hydrogens is 420 g/mol. The molecule has 9 nitrogen and oxygen atoms in total. The molecule has 0 spiro atoms. The van der Waals surface area contributed by atoms with Gasteiger partial charge in [0.2, 0.25) is 0 Å². The molecule has 1 aliphatic heterocycles. The lowest BCUT2D eigenvalue weighted by Crippen LogP contribution is -2.34. The molecule has 0 unspecified atom stereocenters. The maximum absolute atomic E-state index is 11.0. The highest BCUT2D eigenvalue weighted by molar-refractivity contribution is 5.83. The lowest BCUT2D eigenvalue weighted by atomic mass is 9.97. The average molecular weight is 447 g/mol. The zero-order valence-electron chi connectivity index (χ0n) is 18.5. The van der Waals surface area contributed by atoms with Gasteiger partial charge in [-0.15, -0.1) is 0 Å². The van der Waals surface area contributed by atoms with Gasteiger partial charge in [-0.3, -0.25) is 9.78 Å². The summed E-state index contributed by atoms with van der Waals surface area (Å²) >= 11 is 0. The van der Waals surface area contributed by atoms with E-state index in [4.69, 9.17) is 14.8 Å². The van der Waals surface area contributed by atoms with Crippen molar-refractivity contribution < 1.29 is 14.6 Å². The molecule has 4 aromatic rings. The van der Waals surface area contributed by atoms with E-state index in [0.29, 0.717) is 23.1 Å². The van der Waals surface area contributed by atoms with E-state index in [0.717, 1.165) is 43.4 Å². The van der Waals surface area contributed by atoms with Gasteiger partial charge in [0.25, 0.3) is 0 Å². The van der Waals surface area contributed by atoms with Crippen LogP contribution in [0.1, 0.15) is 18.4 Å². The summed E-state index contributed by atoms with van der Waals surface area (Å²) in [5.74, 6) is 0.966. The SMILES string of the molecule is COCC1CCN(c2ccc3cnn(-c4cncc(-n5ccc(CC(=O)O)c5)n4)c3c2)CC1. The highest BCUT2D eigenvalue weighted by Gasteiger charge is 2.20. The van der Waals surface area contributed by atoms with E-state index in [1.54, 1.807) is 47.2 Å². The molecule has 1 aliphatic rings. The van der Waals surface area contributed by atoms with E-state index in [-0.39, 0.29) is 6.42 Å². The van der Waals surface area contributed by atoms with E-state index in [1.165, 1.54) is 5.69 Å². The zero-order valence-corrected chi connectivity index (χ0v) is 18.5. The fourth-order valence-electron chi connectivity index (χ4n) is 4.41. The lowest BCUT2D eigenvalue weighted by molar-refractivity contribution is -0.136. The third kappa shape index (κ3) is 4.45. The number of methoxy groups -OCH3 is 1. The number of carboxylic acid groups (broad SMARTS) is 1. The van der Waals surface area contributed by atoms with E-state index < -0.39 is 5.97 Å². The molecule has 0 aliphatic carbocycles. The Bertz CT molecular complexity index is 1270. The van der Waals surface area contributed by atoms with Crippen molar-refractivity contribution in [3.05, 3.63) is 60.8 Å². The number of hydrogen-bond donors (Lipinski definition) is 1. The second kappa shape index (κ2) is 9.03. The molecule has 4 heterocycles. The Kier molecular flexibility index (Phi) is 5.78. The molecule has 1 N–H and O–H groups in total. The summed E-state index contributed by atoms with van der Waals surface area (Å²) in [7, 11) is 1.77. The number of ether oxygens (including phenoxy) is 1. The van der Waals surface area contributed by atoms with Gasteiger partial charge in [-0.05, 0) is 48.6 Å². The van der Waals surface area contributed by atoms with Gasteiger partial charge in [-0.2, -0.15) is 5.10 Å². The van der Waals surface area contributed by atoms with Gasteiger partial charge in [0, 0.05) is 50.3 Å². The fourth-order valence-corrected chi connectivity index (χ4v) is 4.41. The number of nitrogens with zero attached hydrogens (tertiary/aromatic N) is 6. The first-order valence-electron chi connectivity index (χ1n) is 11.0. The number of anilines is 1. The molecule has 1 saturated heterocycles. The Morgan fingerprint density at radius 2 is 1.97 bits per heavy atom. The van der Waals surface area contributed by atoms with Gasteiger partial charge in [-0.1, -0.05) is 0 Å². The first-order valence-corrected chi connectivity index (χ1v) is 11.0. The summed E-state index contributed by atoms with van der Waals surface area (Å²) < 4.78 is 8.90. The van der Waals surface area contributed by atoms with Crippen molar-refractivity contribution in [2.24, 2.45) is 5.92 Å². The minimum Gasteiger partial charge on any atom is -0.481 e. The number of carbonyl (C=O) groups is 1. The van der Waals surface area contributed by atoms with Gasteiger partial charge in [0.15, 0.2) is 11.6 Å². The Balaban J connectivity index is 1.42. The molecule has 0 radical (unpaired) electrons. The van der Waals surface area contributed by atoms with Gasteiger partial charge >= 0.3 is 5.97 Å². The zero-order chi connectivity index (χ0) is 22.8. The van der Waals surface area contributed by atoms with Crippen molar-refractivity contribution in [2.75, 3.05) is 31.7 Å². The van der Waals surface area contributed by atoms with Crippen LogP contribution in [0.15, 0.2) is 55.2 Å². The Hall–Kier alpha value is -3.72. The standard InChI is InChI=1S/C24H26N6O3/c1-33-16-17-4-7-28(8-5-17)20-3-2-19-12-26-30(21(19)11-20)23-14-25-13-22(27-23)29-9-6-18(15-29)10-24(31)32/h2-3,6,9,11-15,17H,4-5,7-8,10,16H2,1H3,(H,31,32). The van der Waals surface area contributed by atoms with Crippen molar-refractivity contribution in [3.63, 3.8) is 0 Å². The molecule has 170 valence electrons. The predicted octanol–water partition coefficient (Wildman–Crippen LogP) is 3.10. The summed E-state index contributed by atoms with van der Waals surface area (Å²) in [6.07, 6.45) is 10.9. The number of aromatic nitrogens is 5. The fraction of sp³-hybridized carbons (Fsp3) is 0.333. The van der Waals surface area contributed by atoms with Crippen LogP contribution in [0.2, 0.25) is 0 Å². The number of carboxylic acids is 1. The van der Waals surface area contributed by atoms with Crippen LogP contribution in [0.4, 0.5) is 5.69 Å². The molecule has 33 heavy (non-hydrogen) atoms. The second-order valence-corrected chi connectivity index (χ2v) is 8.42. The summed E-state index contributed by atoms with van der Waals surface area (Å²) in [6, 6.07) is 8.18. The number of aliphatic carboxylic acids is 1. The van der Waals surface area contributed by atoms with E-state index in [1.807, 2.05) is 6.20 Å². The lowest BCUT2D eigenvalue weighted by Gasteiger charge is -2.33. The van der Waals surface area contributed by atoms with E-state index >= 15 is 0 Å². The number of fused-ring (bicyclic) bond motifs is 1. The van der Waals surface area contributed by atoms with Crippen LogP contribution in [0.25, 0.3) is 22.5 Å². The molecule has 0 bridgehead atoms. The van der Waals surface area contributed by atoms with Gasteiger partial charge in [0.05, 0.1) is 30.5 Å². The van der Waals surface area contributed by atoms with Crippen LogP contribution in [0.5, 0.6) is 0 Å². The van der Waals surface area contributed by atoms with Crippen LogP contribution < -0.4 is 4.90 Å². The van der Waals surface area contributed by atoms with Crippen LogP contribution >= 0.6 is 0 Å². The topological polar surface area (TPSA) is 98.3 Å². The first kappa shape index (κ1) is 21.1. The highest BCUT2D eigenvalue weighted by Crippen LogP contribution is 2.28. The van der Waals surface area contributed by atoms with Crippen LogP contribution in [0, 0.1) is 5.92 Å². The predicted molar refractivity (Wildman–Crippen MR) is 124 cm³/mol. The summed E-state index contributed by atoms with van der Waals surface area (Å²) in [4.78, 5) is 22.5. The summed E-state index contributed by atoms with van der Waals surface area (Å²) in [5.41, 5.74) is 2.85. The van der Waals surface area contributed by atoms with Crippen molar-refractivity contribution in [1.29, 1.82) is 0 Å². The van der Waals surface area contributed by atoms with E-state index in [2.05, 4.69) is 33.2 Å². The molecule has 0 saturated carbocycles. The summed E-state index contributed by atoms with van der Waals surface area (Å²) in [5, 5.41) is 14.6. The first-order chi connectivity index (χ1) is 16.1. The van der Waals surface area contributed by atoms with Crippen LogP contribution in [-0.2, 0) is 16.0 Å². The largest absolute Gasteiger partial charge is 0.481 e. The molecule has 0 amide bonds. The Labute approximate surface area is 191 Å². The molecule has 5 rings (SSSR count). The van der Waals surface area contributed by atoms with Crippen LogP contribution in [0.3, 0.4) is 0 Å². The number of benzene rings is 1. The van der Waals surface area contributed by atoms with Gasteiger partial charge in [0.1, 0.15) is 0 Å². The third-order valence-corrected chi connectivity index (χ3v) is 6.14. The normalized spacial score (nSPS) is 14.8. The second-order valence-electron chi connectivity index (χ2n) is 8.42. The molecule has 3 aromatic heterocycles. The van der Waals surface area contributed by atoms with Gasteiger partial charge in [-0.25, -0.2) is 9.67 Å². The number of hydrogen-bond acceptors (Lipinski definition) is 6. The van der Waals surface area contributed by atoms with Crippen molar-refractivity contribution in [1.82, 2.24) is 24.3 Å². The monoisotopic (exact) mass is 446 g/mol. The van der Waals surface area contributed by atoms with Crippen LogP contribution in [-0.4, -0.2) is 62.2 Å². The quantitative estimate of drug-likeness (QED) is 0.466. The van der Waals surface area contributed by atoms with Crippen molar-refractivity contribution in [3.8, 4) is 11.6 Å². The number of piperidine rings is 1. The van der Waals surface area contributed by atoms with Crippen molar-refractivity contribution in [2.45, 2.75) is 19.3 Å². The molecule has 1 fully saturated rings. The minimum atomic E-state index is -0.866. The molecule has 1 aromatic carbocycles. The smallest absolute Gasteiger partial charge is 0.307 e. The average Bonchev–Trinajstić information content (AvgIpc) is 3.46. The maximum atomic E-state index is 11.0. The molecular formula is C24H26N6O3. The molecule has 9 heteroatoms. The third-order valence-electron chi connectivity index (χ3n) is 6.14. The van der Waals surface area contributed by atoms with E-state index in [9.17, 15) is 4.79 Å². The minimum absolute atomic E-state index is 0.0323. The summed E-state index contributed by atoms with van der Waals surface area (Å²) in [6.45, 7) is 2.85. The molecule has 0 atom stereocenters. The Morgan fingerprint density at radius 3 is 2.76 bits per heavy atom. The maximum Gasteiger partial charge on any atom is 0.307 e. The Morgan fingerprint density at radius 1 is 1.15 bits per heavy atom.